The van der Waals surface area contributed by atoms with Crippen molar-refractivity contribution < 1.29 is 13.7 Å². The van der Waals surface area contributed by atoms with Gasteiger partial charge in [0.15, 0.2) is 11.5 Å². The molecular weight excluding hydrogens is 332 g/mol. The van der Waals surface area contributed by atoms with E-state index in [0.29, 0.717) is 18.1 Å². The van der Waals surface area contributed by atoms with Gasteiger partial charge in [-0.3, -0.25) is 4.79 Å². The lowest BCUT2D eigenvalue weighted by atomic mass is 10.3. The van der Waals surface area contributed by atoms with Gasteiger partial charge < -0.3 is 18.8 Å². The van der Waals surface area contributed by atoms with E-state index in [1.807, 2.05) is 25.1 Å². The Hall–Kier alpha value is -3.35. The van der Waals surface area contributed by atoms with E-state index >= 15 is 0 Å². The summed E-state index contributed by atoms with van der Waals surface area (Å²) in [7, 11) is 0. The van der Waals surface area contributed by atoms with E-state index in [2.05, 4.69) is 26.1 Å². The Labute approximate surface area is 149 Å². The summed E-state index contributed by atoms with van der Waals surface area (Å²) in [4.78, 5) is 16.7. The number of nitrogens with zero attached hydrogens (tertiary/aromatic N) is 3. The van der Waals surface area contributed by atoms with Crippen LogP contribution < -0.4 is 5.32 Å². The number of furan rings is 1. The molecule has 0 aliphatic rings. The summed E-state index contributed by atoms with van der Waals surface area (Å²) in [6, 6.07) is 13.1. The third-order valence-electron chi connectivity index (χ3n) is 4.20. The SMILES string of the molecule is Cc1nc2ccccc2n1CCCNC(=O)c1cc(-c2ccco2)on1. The number of carbonyl (C=O) groups is 1. The lowest BCUT2D eigenvalue weighted by molar-refractivity contribution is 0.0944. The minimum atomic E-state index is -0.265. The zero-order valence-electron chi connectivity index (χ0n) is 14.3. The lowest BCUT2D eigenvalue weighted by Crippen LogP contribution is -2.25. The van der Waals surface area contributed by atoms with Crippen molar-refractivity contribution in [3.8, 4) is 11.5 Å². The second-order valence-corrected chi connectivity index (χ2v) is 5.96. The molecule has 1 N–H and O–H groups in total. The largest absolute Gasteiger partial charge is 0.461 e. The quantitative estimate of drug-likeness (QED) is 0.539. The molecule has 7 nitrogen and oxygen atoms in total. The molecule has 26 heavy (non-hydrogen) atoms. The van der Waals surface area contributed by atoms with Crippen LogP contribution in [0, 0.1) is 6.92 Å². The van der Waals surface area contributed by atoms with Gasteiger partial charge in [-0.2, -0.15) is 0 Å². The highest BCUT2D eigenvalue weighted by molar-refractivity contribution is 5.92. The maximum atomic E-state index is 12.2. The van der Waals surface area contributed by atoms with Crippen molar-refractivity contribution in [2.45, 2.75) is 19.9 Å². The third-order valence-corrected chi connectivity index (χ3v) is 4.20. The third kappa shape index (κ3) is 3.11. The maximum absolute atomic E-state index is 12.2. The summed E-state index contributed by atoms with van der Waals surface area (Å²) >= 11 is 0. The molecule has 0 saturated heterocycles. The molecular formula is C19H18N4O3. The van der Waals surface area contributed by atoms with E-state index in [1.54, 1.807) is 24.5 Å². The van der Waals surface area contributed by atoms with Gasteiger partial charge in [0.1, 0.15) is 5.82 Å². The molecule has 0 spiro atoms. The lowest BCUT2D eigenvalue weighted by Gasteiger charge is -2.07. The molecule has 0 bridgehead atoms. The van der Waals surface area contributed by atoms with Crippen LogP contribution in [-0.2, 0) is 6.54 Å². The number of imidazole rings is 1. The molecule has 0 aliphatic carbocycles. The van der Waals surface area contributed by atoms with Crippen LogP contribution >= 0.6 is 0 Å². The number of carbonyl (C=O) groups excluding carboxylic acids is 1. The van der Waals surface area contributed by atoms with Crippen molar-refractivity contribution in [2.75, 3.05) is 6.54 Å². The van der Waals surface area contributed by atoms with Gasteiger partial charge in [0, 0.05) is 19.2 Å². The van der Waals surface area contributed by atoms with Crippen molar-refractivity contribution >= 4 is 16.9 Å². The van der Waals surface area contributed by atoms with Crippen LogP contribution in [0.2, 0.25) is 0 Å². The van der Waals surface area contributed by atoms with E-state index in [1.165, 1.54) is 0 Å². The number of aryl methyl sites for hydroxylation is 2. The van der Waals surface area contributed by atoms with Gasteiger partial charge in [-0.1, -0.05) is 17.3 Å². The standard InChI is InChI=1S/C19H18N4O3/c1-13-21-14-6-2-3-7-16(14)23(13)10-5-9-20-19(24)15-12-18(26-22-15)17-8-4-11-25-17/h2-4,6-8,11-12H,5,9-10H2,1H3,(H,20,24). The Morgan fingerprint density at radius 3 is 2.92 bits per heavy atom. The summed E-state index contributed by atoms with van der Waals surface area (Å²) in [5, 5.41) is 6.66. The first-order chi connectivity index (χ1) is 12.7. The minimum absolute atomic E-state index is 0.237. The molecule has 0 unspecified atom stereocenters. The topological polar surface area (TPSA) is 86.1 Å². The van der Waals surface area contributed by atoms with Crippen LogP contribution in [0.25, 0.3) is 22.6 Å². The van der Waals surface area contributed by atoms with E-state index in [9.17, 15) is 4.79 Å². The Kier molecular flexibility index (Phi) is 4.27. The minimum Gasteiger partial charge on any atom is -0.461 e. The van der Waals surface area contributed by atoms with Crippen molar-refractivity contribution in [2.24, 2.45) is 0 Å². The van der Waals surface area contributed by atoms with Crippen LogP contribution in [0.3, 0.4) is 0 Å². The monoisotopic (exact) mass is 350 g/mol. The number of hydrogen-bond donors (Lipinski definition) is 1. The predicted molar refractivity (Wildman–Crippen MR) is 95.6 cm³/mol. The Morgan fingerprint density at radius 1 is 1.19 bits per heavy atom. The van der Waals surface area contributed by atoms with Gasteiger partial charge in [0.25, 0.3) is 5.91 Å². The fraction of sp³-hybridized carbons (Fsp3) is 0.211. The van der Waals surface area contributed by atoms with Crippen LogP contribution in [0.5, 0.6) is 0 Å². The number of amides is 1. The molecule has 3 heterocycles. The zero-order valence-corrected chi connectivity index (χ0v) is 14.3. The molecule has 3 aromatic heterocycles. The summed E-state index contributed by atoms with van der Waals surface area (Å²) in [5.74, 6) is 1.68. The molecule has 4 rings (SSSR count). The average molecular weight is 350 g/mol. The van der Waals surface area contributed by atoms with Crippen molar-refractivity contribution in [3.05, 3.63) is 60.2 Å². The molecule has 0 saturated carbocycles. The summed E-state index contributed by atoms with van der Waals surface area (Å²) < 4.78 is 12.5. The number of para-hydroxylation sites is 2. The number of hydrogen-bond acceptors (Lipinski definition) is 5. The molecule has 0 aliphatic heterocycles. The number of rotatable bonds is 6. The van der Waals surface area contributed by atoms with E-state index in [0.717, 1.165) is 29.8 Å². The normalized spacial score (nSPS) is 11.1. The maximum Gasteiger partial charge on any atom is 0.273 e. The number of fused-ring (bicyclic) bond motifs is 1. The molecule has 4 aromatic rings. The Morgan fingerprint density at radius 2 is 2.08 bits per heavy atom. The average Bonchev–Trinajstić information content (AvgIpc) is 3.38. The fourth-order valence-electron chi connectivity index (χ4n) is 2.92. The second-order valence-electron chi connectivity index (χ2n) is 5.96. The first-order valence-electron chi connectivity index (χ1n) is 8.43. The zero-order chi connectivity index (χ0) is 17.9. The number of benzene rings is 1. The molecule has 7 heteroatoms. The first-order valence-corrected chi connectivity index (χ1v) is 8.43. The predicted octanol–water partition coefficient (Wildman–Crippen LogP) is 3.41. The Balaban J connectivity index is 1.33. The van der Waals surface area contributed by atoms with Gasteiger partial charge in [0.05, 0.1) is 17.3 Å². The molecule has 0 radical (unpaired) electrons. The van der Waals surface area contributed by atoms with Crippen molar-refractivity contribution in [1.82, 2.24) is 20.0 Å². The highest BCUT2D eigenvalue weighted by Crippen LogP contribution is 2.20. The Bertz CT molecular complexity index is 1030. The highest BCUT2D eigenvalue weighted by Gasteiger charge is 2.14. The summed E-state index contributed by atoms with van der Waals surface area (Å²) in [6.45, 7) is 3.31. The van der Waals surface area contributed by atoms with Crippen LogP contribution in [0.15, 0.2) is 57.7 Å². The van der Waals surface area contributed by atoms with Gasteiger partial charge in [-0.25, -0.2) is 4.98 Å². The second kappa shape index (κ2) is 6.87. The van der Waals surface area contributed by atoms with Gasteiger partial charge in [-0.05, 0) is 37.6 Å². The van der Waals surface area contributed by atoms with E-state index in [-0.39, 0.29) is 11.6 Å². The highest BCUT2D eigenvalue weighted by atomic mass is 16.5. The van der Waals surface area contributed by atoms with E-state index in [4.69, 9.17) is 8.94 Å². The summed E-state index contributed by atoms with van der Waals surface area (Å²) in [5.41, 5.74) is 2.33. The number of aromatic nitrogens is 3. The van der Waals surface area contributed by atoms with E-state index < -0.39 is 0 Å². The fourth-order valence-corrected chi connectivity index (χ4v) is 2.92. The smallest absolute Gasteiger partial charge is 0.273 e. The van der Waals surface area contributed by atoms with Crippen molar-refractivity contribution in [3.63, 3.8) is 0 Å². The van der Waals surface area contributed by atoms with Crippen molar-refractivity contribution in [1.29, 1.82) is 0 Å². The molecule has 0 atom stereocenters. The van der Waals surface area contributed by atoms with Gasteiger partial charge >= 0.3 is 0 Å². The van der Waals surface area contributed by atoms with Crippen LogP contribution in [-0.4, -0.2) is 27.2 Å². The van der Waals surface area contributed by atoms with Crippen LogP contribution in [0.1, 0.15) is 22.7 Å². The molecule has 132 valence electrons. The van der Waals surface area contributed by atoms with Gasteiger partial charge in [-0.15, -0.1) is 0 Å². The first kappa shape index (κ1) is 16.1. The molecule has 1 amide bonds. The number of nitrogens with one attached hydrogen (secondary N) is 1. The molecule has 1 aromatic carbocycles. The molecule has 0 fully saturated rings. The van der Waals surface area contributed by atoms with Gasteiger partial charge in [0.2, 0.25) is 5.76 Å². The van der Waals surface area contributed by atoms with Crippen LogP contribution in [0.4, 0.5) is 0 Å². The summed E-state index contributed by atoms with van der Waals surface area (Å²) in [6.07, 6.45) is 2.33.